The lowest BCUT2D eigenvalue weighted by molar-refractivity contribution is -0.141. The zero-order chi connectivity index (χ0) is 17.9. The second-order valence-electron chi connectivity index (χ2n) is 5.91. The van der Waals surface area contributed by atoms with E-state index in [0.29, 0.717) is 42.3 Å². The number of hydrogen-bond donors (Lipinski definition) is 0. The van der Waals surface area contributed by atoms with Gasteiger partial charge in [0.2, 0.25) is 0 Å². The summed E-state index contributed by atoms with van der Waals surface area (Å²) in [5.74, 6) is 2.42. The number of benzene rings is 1. The fourth-order valence-electron chi connectivity index (χ4n) is 2.49. The molecule has 4 nitrogen and oxygen atoms in total. The molecule has 2 aromatic rings. The van der Waals surface area contributed by atoms with E-state index in [1.54, 1.807) is 7.11 Å². The number of para-hydroxylation sites is 2. The van der Waals surface area contributed by atoms with Gasteiger partial charge < -0.3 is 14.2 Å². The van der Waals surface area contributed by atoms with Crippen molar-refractivity contribution in [1.29, 1.82) is 0 Å². The van der Waals surface area contributed by atoms with Gasteiger partial charge in [0.05, 0.1) is 26.5 Å². The molecule has 0 radical (unpaired) electrons. The lowest BCUT2D eigenvalue weighted by Gasteiger charge is -2.10. The summed E-state index contributed by atoms with van der Waals surface area (Å²) in [6.07, 6.45) is -2.37. The van der Waals surface area contributed by atoms with Crippen LogP contribution in [0.25, 0.3) is 0 Å². The van der Waals surface area contributed by atoms with Gasteiger partial charge in [-0.05, 0) is 42.5 Å². The van der Waals surface area contributed by atoms with Gasteiger partial charge in [-0.3, -0.25) is 0 Å². The minimum atomic E-state index is -4.43. The summed E-state index contributed by atoms with van der Waals surface area (Å²) < 4.78 is 53.9. The van der Waals surface area contributed by atoms with Gasteiger partial charge in [0, 0.05) is 0 Å². The first kappa shape index (κ1) is 17.4. The maximum atomic E-state index is 12.4. The molecule has 0 saturated heterocycles. The van der Waals surface area contributed by atoms with E-state index < -0.39 is 11.9 Å². The monoisotopic (exact) mass is 353 g/mol. The lowest BCUT2D eigenvalue weighted by Crippen LogP contribution is -2.09. The number of pyridine rings is 1. The third-order valence-corrected chi connectivity index (χ3v) is 4.08. The van der Waals surface area contributed by atoms with Gasteiger partial charge in [0.15, 0.2) is 11.5 Å². The molecule has 2 unspecified atom stereocenters. The number of nitrogens with zero attached hydrogens (tertiary/aromatic N) is 1. The van der Waals surface area contributed by atoms with Crippen LogP contribution < -0.4 is 14.2 Å². The average molecular weight is 353 g/mol. The fraction of sp³-hybridized carbons (Fsp3) is 0.389. The predicted octanol–water partition coefficient (Wildman–Crippen LogP) is 4.20. The Bertz CT molecular complexity index is 703. The maximum absolute atomic E-state index is 12.4. The highest BCUT2D eigenvalue weighted by atomic mass is 19.4. The van der Waals surface area contributed by atoms with Crippen molar-refractivity contribution in [1.82, 2.24) is 4.98 Å². The highest BCUT2D eigenvalue weighted by Gasteiger charge is 2.38. The van der Waals surface area contributed by atoms with Gasteiger partial charge in [0.25, 0.3) is 0 Å². The molecule has 1 aromatic carbocycles. The second kappa shape index (κ2) is 7.21. The molecule has 25 heavy (non-hydrogen) atoms. The normalized spacial score (nSPS) is 19.4. The average Bonchev–Trinajstić information content (AvgIpc) is 3.36. The van der Waals surface area contributed by atoms with Crippen LogP contribution in [0.1, 0.15) is 12.1 Å². The second-order valence-corrected chi connectivity index (χ2v) is 5.91. The molecule has 1 heterocycles. The summed E-state index contributed by atoms with van der Waals surface area (Å²) in [7, 11) is 1.59. The number of hydrogen-bond acceptors (Lipinski definition) is 4. The van der Waals surface area contributed by atoms with E-state index in [2.05, 4.69) is 4.98 Å². The Morgan fingerprint density at radius 3 is 2.28 bits per heavy atom. The van der Waals surface area contributed by atoms with Gasteiger partial charge in [0.1, 0.15) is 11.4 Å². The Labute approximate surface area is 143 Å². The minimum absolute atomic E-state index is 0.331. The van der Waals surface area contributed by atoms with E-state index >= 15 is 0 Å². The van der Waals surface area contributed by atoms with Crippen molar-refractivity contribution < 1.29 is 27.4 Å². The largest absolute Gasteiger partial charge is 0.493 e. The van der Waals surface area contributed by atoms with E-state index in [0.717, 1.165) is 18.7 Å². The summed E-state index contributed by atoms with van der Waals surface area (Å²) in [5.41, 5.74) is -0.922. The first-order valence-electron chi connectivity index (χ1n) is 7.89. The first-order valence-corrected chi connectivity index (χ1v) is 7.89. The molecule has 0 aliphatic heterocycles. The number of aromatic nitrogens is 1. The van der Waals surface area contributed by atoms with Crippen LogP contribution >= 0.6 is 0 Å². The summed E-state index contributed by atoms with van der Waals surface area (Å²) in [4.78, 5) is 3.37. The van der Waals surface area contributed by atoms with Gasteiger partial charge in [-0.25, -0.2) is 4.98 Å². The number of rotatable bonds is 7. The molecule has 2 atom stereocenters. The van der Waals surface area contributed by atoms with E-state index in [1.807, 2.05) is 24.3 Å². The molecule has 1 aromatic heterocycles. The van der Waals surface area contributed by atoms with E-state index in [1.165, 1.54) is 6.07 Å². The van der Waals surface area contributed by atoms with Gasteiger partial charge >= 0.3 is 6.18 Å². The summed E-state index contributed by atoms with van der Waals surface area (Å²) >= 11 is 0. The molecule has 1 aliphatic rings. The predicted molar refractivity (Wildman–Crippen MR) is 84.8 cm³/mol. The van der Waals surface area contributed by atoms with Crippen molar-refractivity contribution in [3.05, 3.63) is 48.3 Å². The molecule has 0 bridgehead atoms. The van der Waals surface area contributed by atoms with Crippen LogP contribution in [0.4, 0.5) is 13.2 Å². The number of ether oxygens (including phenoxy) is 3. The third-order valence-electron chi connectivity index (χ3n) is 4.08. The van der Waals surface area contributed by atoms with Crippen molar-refractivity contribution >= 4 is 0 Å². The molecule has 1 fully saturated rings. The van der Waals surface area contributed by atoms with Crippen molar-refractivity contribution in [3.63, 3.8) is 0 Å². The maximum Gasteiger partial charge on any atom is 0.433 e. The Kier molecular flexibility index (Phi) is 5.01. The van der Waals surface area contributed by atoms with Crippen LogP contribution in [-0.2, 0) is 6.18 Å². The number of methoxy groups -OCH3 is 1. The van der Waals surface area contributed by atoms with Crippen LogP contribution in [0.15, 0.2) is 42.6 Å². The summed E-state index contributed by atoms with van der Waals surface area (Å²) in [5, 5.41) is 0. The Balaban J connectivity index is 1.43. The highest BCUT2D eigenvalue weighted by molar-refractivity contribution is 5.39. The molecule has 134 valence electrons. The Hall–Kier alpha value is -2.44. The van der Waals surface area contributed by atoms with E-state index in [-0.39, 0.29) is 0 Å². The summed E-state index contributed by atoms with van der Waals surface area (Å²) in [6.45, 7) is 0.993. The Morgan fingerprint density at radius 1 is 1.00 bits per heavy atom. The quantitative estimate of drug-likeness (QED) is 0.748. The van der Waals surface area contributed by atoms with Crippen LogP contribution in [0.5, 0.6) is 17.2 Å². The summed E-state index contributed by atoms with van der Waals surface area (Å²) in [6, 6.07) is 9.64. The van der Waals surface area contributed by atoms with E-state index in [9.17, 15) is 13.2 Å². The Morgan fingerprint density at radius 2 is 1.68 bits per heavy atom. The van der Waals surface area contributed by atoms with Crippen molar-refractivity contribution in [3.8, 4) is 17.2 Å². The molecular weight excluding hydrogens is 335 g/mol. The van der Waals surface area contributed by atoms with Crippen LogP contribution in [0, 0.1) is 11.8 Å². The smallest absolute Gasteiger partial charge is 0.433 e. The van der Waals surface area contributed by atoms with Crippen LogP contribution in [0.2, 0.25) is 0 Å². The third kappa shape index (κ3) is 4.55. The van der Waals surface area contributed by atoms with Crippen molar-refractivity contribution in [2.24, 2.45) is 11.8 Å². The lowest BCUT2D eigenvalue weighted by atomic mass is 10.3. The topological polar surface area (TPSA) is 40.6 Å². The SMILES string of the molecule is COc1ccccc1OCC1CC1COc1ccc(C(F)(F)F)nc1. The van der Waals surface area contributed by atoms with Crippen molar-refractivity contribution in [2.75, 3.05) is 20.3 Å². The molecule has 0 spiro atoms. The standard InChI is InChI=1S/C18H18F3NO3/c1-23-15-4-2-3-5-16(15)25-11-13-8-12(13)10-24-14-6-7-17(22-9-14)18(19,20)21/h2-7,9,12-13H,8,10-11H2,1H3. The highest BCUT2D eigenvalue weighted by Crippen LogP contribution is 2.40. The van der Waals surface area contributed by atoms with Crippen LogP contribution in [-0.4, -0.2) is 25.3 Å². The zero-order valence-corrected chi connectivity index (χ0v) is 13.6. The van der Waals surface area contributed by atoms with Gasteiger partial charge in [-0.15, -0.1) is 0 Å². The van der Waals surface area contributed by atoms with E-state index in [4.69, 9.17) is 14.2 Å². The van der Waals surface area contributed by atoms with Gasteiger partial charge in [-0.2, -0.15) is 13.2 Å². The van der Waals surface area contributed by atoms with Crippen LogP contribution in [0.3, 0.4) is 0 Å². The number of alkyl halides is 3. The molecule has 7 heteroatoms. The molecule has 1 aliphatic carbocycles. The minimum Gasteiger partial charge on any atom is -0.493 e. The van der Waals surface area contributed by atoms with Gasteiger partial charge in [-0.1, -0.05) is 12.1 Å². The zero-order valence-electron chi connectivity index (χ0n) is 13.6. The molecule has 0 amide bonds. The number of halogens is 3. The van der Waals surface area contributed by atoms with Crippen molar-refractivity contribution in [2.45, 2.75) is 12.6 Å². The molecular formula is C18H18F3NO3. The molecule has 0 N–H and O–H groups in total. The molecule has 1 saturated carbocycles. The fourth-order valence-corrected chi connectivity index (χ4v) is 2.49. The first-order chi connectivity index (χ1) is 12.0. The molecule has 3 rings (SSSR count).